The van der Waals surface area contributed by atoms with Crippen LogP contribution in [0.1, 0.15) is 26.7 Å². The van der Waals surface area contributed by atoms with Crippen molar-refractivity contribution in [2.24, 2.45) is 5.41 Å². The Bertz CT molecular complexity index is 159. The number of β-amino-alcohol motifs (C(OH)–C–C–N with tert-alkyl or cyclic N) is 1. The summed E-state index contributed by atoms with van der Waals surface area (Å²) in [5.41, 5.74) is 0.368. The molecule has 0 radical (unpaired) electrons. The van der Waals surface area contributed by atoms with Crippen LogP contribution in [0.3, 0.4) is 0 Å². The maximum absolute atomic E-state index is 9.29. The molecule has 2 N–H and O–H groups in total. The van der Waals surface area contributed by atoms with E-state index >= 15 is 0 Å². The minimum atomic E-state index is -0.575. The monoisotopic (exact) mass is 187 g/mol. The molecule has 1 unspecified atom stereocenters. The molecular formula is C10H21NO2. The summed E-state index contributed by atoms with van der Waals surface area (Å²) in [5.74, 6) is 0. The van der Waals surface area contributed by atoms with E-state index in [1.54, 1.807) is 0 Å². The summed E-state index contributed by atoms with van der Waals surface area (Å²) in [6.07, 6.45) is 1.89. The van der Waals surface area contributed by atoms with Crippen LogP contribution in [0.5, 0.6) is 0 Å². The fourth-order valence-electron chi connectivity index (χ4n) is 2.06. The van der Waals surface area contributed by atoms with Crippen molar-refractivity contribution in [2.75, 3.05) is 26.2 Å². The molecule has 0 bridgehead atoms. The number of hydrogen-bond donors (Lipinski definition) is 2. The van der Waals surface area contributed by atoms with Crippen LogP contribution in [0.25, 0.3) is 0 Å². The topological polar surface area (TPSA) is 43.7 Å². The molecule has 1 fully saturated rings. The SMILES string of the molecule is CC1(C)CCCN(CC(O)CO)C1. The number of nitrogens with zero attached hydrogens (tertiary/aromatic N) is 1. The second-order valence-electron chi connectivity index (χ2n) is 4.84. The zero-order chi connectivity index (χ0) is 9.90. The quantitative estimate of drug-likeness (QED) is 0.674. The molecule has 1 aliphatic heterocycles. The first-order valence-corrected chi connectivity index (χ1v) is 5.05. The molecule has 0 aromatic carbocycles. The summed E-state index contributed by atoms with van der Waals surface area (Å²) in [7, 11) is 0. The van der Waals surface area contributed by atoms with Gasteiger partial charge in [0.15, 0.2) is 0 Å². The average molecular weight is 187 g/mol. The number of likely N-dealkylation sites (tertiary alicyclic amines) is 1. The Kier molecular flexibility index (Phi) is 3.71. The van der Waals surface area contributed by atoms with Crippen LogP contribution in [0.15, 0.2) is 0 Å². The lowest BCUT2D eigenvalue weighted by Gasteiger charge is -2.38. The third-order valence-corrected chi connectivity index (χ3v) is 2.66. The van der Waals surface area contributed by atoms with Crippen LogP contribution in [0.2, 0.25) is 0 Å². The lowest BCUT2D eigenvalue weighted by atomic mass is 9.84. The van der Waals surface area contributed by atoms with Crippen LogP contribution in [-0.4, -0.2) is 47.5 Å². The highest BCUT2D eigenvalue weighted by Gasteiger charge is 2.26. The van der Waals surface area contributed by atoms with Gasteiger partial charge in [0.25, 0.3) is 0 Å². The number of piperidine rings is 1. The minimum absolute atomic E-state index is 0.128. The molecule has 1 heterocycles. The second-order valence-corrected chi connectivity index (χ2v) is 4.84. The van der Waals surface area contributed by atoms with Crippen molar-refractivity contribution in [3.63, 3.8) is 0 Å². The van der Waals surface area contributed by atoms with Crippen LogP contribution >= 0.6 is 0 Å². The minimum Gasteiger partial charge on any atom is -0.394 e. The van der Waals surface area contributed by atoms with Gasteiger partial charge < -0.3 is 15.1 Å². The van der Waals surface area contributed by atoms with Gasteiger partial charge in [-0.25, -0.2) is 0 Å². The van der Waals surface area contributed by atoms with E-state index in [1.807, 2.05) is 0 Å². The van der Waals surface area contributed by atoms with Gasteiger partial charge in [0.1, 0.15) is 0 Å². The molecule has 0 spiro atoms. The highest BCUT2D eigenvalue weighted by Crippen LogP contribution is 2.28. The van der Waals surface area contributed by atoms with Crippen molar-refractivity contribution >= 4 is 0 Å². The third-order valence-electron chi connectivity index (χ3n) is 2.66. The standard InChI is InChI=1S/C10H21NO2/c1-10(2)4-3-5-11(8-10)6-9(13)7-12/h9,12-13H,3-8H2,1-2H3. The van der Waals surface area contributed by atoms with Gasteiger partial charge in [-0.15, -0.1) is 0 Å². The predicted molar refractivity (Wildman–Crippen MR) is 52.5 cm³/mol. The molecule has 0 aromatic heterocycles. The van der Waals surface area contributed by atoms with Gasteiger partial charge in [-0.3, -0.25) is 0 Å². The highest BCUT2D eigenvalue weighted by molar-refractivity contribution is 4.80. The van der Waals surface area contributed by atoms with Gasteiger partial charge in [0.05, 0.1) is 12.7 Å². The van der Waals surface area contributed by atoms with Crippen LogP contribution < -0.4 is 0 Å². The van der Waals surface area contributed by atoms with E-state index in [-0.39, 0.29) is 6.61 Å². The molecule has 0 saturated carbocycles. The molecule has 13 heavy (non-hydrogen) atoms. The Balaban J connectivity index is 2.34. The van der Waals surface area contributed by atoms with E-state index < -0.39 is 6.10 Å². The third kappa shape index (κ3) is 3.63. The van der Waals surface area contributed by atoms with Gasteiger partial charge in [0, 0.05) is 13.1 Å². The van der Waals surface area contributed by atoms with Crippen molar-refractivity contribution in [3.8, 4) is 0 Å². The zero-order valence-corrected chi connectivity index (χ0v) is 8.66. The van der Waals surface area contributed by atoms with Crippen molar-refractivity contribution in [1.29, 1.82) is 0 Å². The molecule has 1 aliphatic rings. The first-order chi connectivity index (χ1) is 6.03. The summed E-state index contributed by atoms with van der Waals surface area (Å²) < 4.78 is 0. The van der Waals surface area contributed by atoms with E-state index in [4.69, 9.17) is 5.11 Å². The molecule has 3 nitrogen and oxygen atoms in total. The largest absolute Gasteiger partial charge is 0.394 e. The van der Waals surface area contributed by atoms with E-state index in [0.29, 0.717) is 12.0 Å². The fourth-order valence-corrected chi connectivity index (χ4v) is 2.06. The van der Waals surface area contributed by atoms with E-state index in [9.17, 15) is 5.11 Å². The maximum atomic E-state index is 9.29. The Labute approximate surface area is 80.4 Å². The first-order valence-electron chi connectivity index (χ1n) is 5.05. The van der Waals surface area contributed by atoms with Crippen molar-refractivity contribution in [3.05, 3.63) is 0 Å². The number of aliphatic hydroxyl groups excluding tert-OH is 2. The summed E-state index contributed by atoms with van der Waals surface area (Å²) in [5, 5.41) is 18.0. The van der Waals surface area contributed by atoms with Crippen molar-refractivity contribution < 1.29 is 10.2 Å². The van der Waals surface area contributed by atoms with Crippen molar-refractivity contribution in [1.82, 2.24) is 4.90 Å². The Morgan fingerprint density at radius 1 is 1.46 bits per heavy atom. The average Bonchev–Trinajstić information content (AvgIpc) is 2.02. The van der Waals surface area contributed by atoms with E-state index in [2.05, 4.69) is 18.7 Å². The molecule has 0 amide bonds. The molecule has 1 atom stereocenters. The Morgan fingerprint density at radius 2 is 2.15 bits per heavy atom. The summed E-state index contributed by atoms with van der Waals surface area (Å²) in [6, 6.07) is 0. The molecule has 1 rings (SSSR count). The molecule has 0 aliphatic carbocycles. The van der Waals surface area contributed by atoms with Gasteiger partial charge in [-0.2, -0.15) is 0 Å². The molecule has 78 valence electrons. The van der Waals surface area contributed by atoms with E-state index in [0.717, 1.165) is 13.1 Å². The van der Waals surface area contributed by atoms with Crippen LogP contribution in [0.4, 0.5) is 0 Å². The normalized spacial score (nSPS) is 25.8. The number of rotatable bonds is 3. The molecule has 3 heteroatoms. The molecular weight excluding hydrogens is 166 g/mol. The second kappa shape index (κ2) is 4.40. The Hall–Kier alpha value is -0.120. The van der Waals surface area contributed by atoms with Gasteiger partial charge in [-0.1, -0.05) is 13.8 Å². The molecule has 0 aromatic rings. The summed E-state index contributed by atoms with van der Waals surface area (Å²) >= 11 is 0. The lowest BCUT2D eigenvalue weighted by Crippen LogP contribution is -2.44. The summed E-state index contributed by atoms with van der Waals surface area (Å²) in [6.45, 7) is 7.08. The van der Waals surface area contributed by atoms with Gasteiger partial charge in [0.2, 0.25) is 0 Å². The lowest BCUT2D eigenvalue weighted by molar-refractivity contribution is 0.0307. The van der Waals surface area contributed by atoms with Gasteiger partial charge >= 0.3 is 0 Å². The first kappa shape index (κ1) is 11.0. The number of hydrogen-bond acceptors (Lipinski definition) is 3. The fraction of sp³-hybridized carbons (Fsp3) is 1.00. The van der Waals surface area contributed by atoms with E-state index in [1.165, 1.54) is 12.8 Å². The van der Waals surface area contributed by atoms with Gasteiger partial charge in [-0.05, 0) is 24.8 Å². The van der Waals surface area contributed by atoms with Crippen LogP contribution in [-0.2, 0) is 0 Å². The summed E-state index contributed by atoms with van der Waals surface area (Å²) in [4.78, 5) is 2.24. The molecule has 1 saturated heterocycles. The predicted octanol–water partition coefficient (Wildman–Crippen LogP) is 0.462. The highest BCUT2D eigenvalue weighted by atomic mass is 16.3. The van der Waals surface area contributed by atoms with Crippen molar-refractivity contribution in [2.45, 2.75) is 32.8 Å². The maximum Gasteiger partial charge on any atom is 0.0897 e. The zero-order valence-electron chi connectivity index (χ0n) is 8.66. The van der Waals surface area contributed by atoms with Crippen LogP contribution in [0, 0.1) is 5.41 Å². The Morgan fingerprint density at radius 3 is 2.69 bits per heavy atom. The number of aliphatic hydroxyl groups is 2. The smallest absolute Gasteiger partial charge is 0.0897 e.